The number of anilines is 1. The number of rotatable bonds is 2. The van der Waals surface area contributed by atoms with E-state index < -0.39 is 0 Å². The van der Waals surface area contributed by atoms with Crippen LogP contribution in [0.25, 0.3) is 0 Å². The zero-order chi connectivity index (χ0) is 12.4. The van der Waals surface area contributed by atoms with Gasteiger partial charge in [0.05, 0.1) is 13.1 Å². The maximum absolute atomic E-state index is 11.2. The highest BCUT2D eigenvalue weighted by molar-refractivity contribution is 6.29. The summed E-state index contributed by atoms with van der Waals surface area (Å²) in [6.07, 6.45) is 0.640. The van der Waals surface area contributed by atoms with Crippen molar-refractivity contribution in [2.75, 3.05) is 18.0 Å². The molecule has 0 saturated carbocycles. The number of nitrogens with one attached hydrogen (secondary N) is 1. The number of nitrogens with zero attached hydrogens (tertiary/aromatic N) is 3. The van der Waals surface area contributed by atoms with Gasteiger partial charge in [0.15, 0.2) is 0 Å². The van der Waals surface area contributed by atoms with E-state index >= 15 is 0 Å². The van der Waals surface area contributed by atoms with Gasteiger partial charge in [-0.3, -0.25) is 14.9 Å². The molecule has 90 valence electrons. The van der Waals surface area contributed by atoms with E-state index in [1.54, 1.807) is 11.0 Å². The van der Waals surface area contributed by atoms with Crippen LogP contribution in [0.5, 0.6) is 0 Å². The summed E-state index contributed by atoms with van der Waals surface area (Å²) >= 11 is 5.86. The molecule has 17 heavy (non-hydrogen) atoms. The number of halogens is 1. The zero-order valence-electron chi connectivity index (χ0n) is 9.23. The molecule has 1 aliphatic rings. The lowest BCUT2D eigenvalue weighted by Gasteiger charge is -2.26. The minimum absolute atomic E-state index is 0.0994. The first kappa shape index (κ1) is 11.8. The standard InChI is InChI=1S/C10H11ClN4O2/c1-2-7-12-6(11)3-8(13-7)15-4-9(16)14-10(17)5-15/h3H,2,4-5H2,1H3,(H,14,16,17). The summed E-state index contributed by atoms with van der Waals surface area (Å²) in [5.74, 6) is 0.416. The molecule has 1 aromatic heterocycles. The van der Waals surface area contributed by atoms with Gasteiger partial charge in [-0.1, -0.05) is 18.5 Å². The molecule has 7 heteroatoms. The highest BCUT2D eigenvalue weighted by Crippen LogP contribution is 2.17. The van der Waals surface area contributed by atoms with E-state index in [-0.39, 0.29) is 24.9 Å². The van der Waals surface area contributed by atoms with Crippen LogP contribution in [0.1, 0.15) is 12.7 Å². The molecule has 0 spiro atoms. The molecule has 1 fully saturated rings. The first-order valence-electron chi connectivity index (χ1n) is 5.19. The molecule has 2 rings (SSSR count). The van der Waals surface area contributed by atoms with Crippen LogP contribution in [-0.2, 0) is 16.0 Å². The SMILES string of the molecule is CCc1nc(Cl)cc(N2CC(=O)NC(=O)C2)n1. The van der Waals surface area contributed by atoms with E-state index in [2.05, 4.69) is 15.3 Å². The van der Waals surface area contributed by atoms with Crippen molar-refractivity contribution in [3.05, 3.63) is 17.0 Å². The van der Waals surface area contributed by atoms with Crippen molar-refractivity contribution in [2.24, 2.45) is 0 Å². The molecular weight excluding hydrogens is 244 g/mol. The molecule has 1 saturated heterocycles. The van der Waals surface area contributed by atoms with Gasteiger partial charge in [0.2, 0.25) is 11.8 Å². The van der Waals surface area contributed by atoms with E-state index in [0.717, 1.165) is 0 Å². The third kappa shape index (κ3) is 2.71. The van der Waals surface area contributed by atoms with Crippen molar-refractivity contribution in [3.8, 4) is 0 Å². The minimum atomic E-state index is -0.339. The Kier molecular flexibility index (Phi) is 3.23. The Hall–Kier alpha value is -1.69. The van der Waals surface area contributed by atoms with Crippen LogP contribution < -0.4 is 10.2 Å². The van der Waals surface area contributed by atoms with Crippen molar-refractivity contribution >= 4 is 29.2 Å². The highest BCUT2D eigenvalue weighted by atomic mass is 35.5. The van der Waals surface area contributed by atoms with Crippen molar-refractivity contribution in [1.82, 2.24) is 15.3 Å². The summed E-state index contributed by atoms with van der Waals surface area (Å²) in [6.45, 7) is 2.11. The Balaban J connectivity index is 2.29. The molecule has 0 bridgehead atoms. The molecule has 1 aromatic rings. The Morgan fingerprint density at radius 2 is 2.00 bits per heavy atom. The molecule has 0 aromatic carbocycles. The Morgan fingerprint density at radius 3 is 2.59 bits per heavy atom. The third-order valence-corrected chi connectivity index (χ3v) is 2.51. The quantitative estimate of drug-likeness (QED) is 0.601. The molecule has 0 unspecified atom stereocenters. The predicted octanol–water partition coefficient (Wildman–Crippen LogP) is 0.155. The van der Waals surface area contributed by atoms with Crippen molar-refractivity contribution in [1.29, 1.82) is 0 Å². The normalized spacial score (nSPS) is 16.0. The van der Waals surface area contributed by atoms with Crippen molar-refractivity contribution in [3.63, 3.8) is 0 Å². The summed E-state index contributed by atoms with van der Waals surface area (Å²) in [7, 11) is 0. The number of aryl methyl sites for hydroxylation is 1. The molecular formula is C10H11ClN4O2. The number of imide groups is 1. The second-order valence-electron chi connectivity index (χ2n) is 3.65. The predicted molar refractivity (Wildman–Crippen MR) is 61.8 cm³/mol. The average molecular weight is 255 g/mol. The molecule has 0 atom stereocenters. The molecule has 6 nitrogen and oxygen atoms in total. The average Bonchev–Trinajstić information content (AvgIpc) is 2.26. The summed E-state index contributed by atoms with van der Waals surface area (Å²) < 4.78 is 0. The number of piperazine rings is 1. The van der Waals surface area contributed by atoms with Crippen LogP contribution in [-0.4, -0.2) is 34.9 Å². The Morgan fingerprint density at radius 1 is 1.35 bits per heavy atom. The van der Waals surface area contributed by atoms with Crippen molar-refractivity contribution < 1.29 is 9.59 Å². The molecule has 0 aliphatic carbocycles. The summed E-state index contributed by atoms with van der Waals surface area (Å²) in [5, 5.41) is 2.54. The lowest BCUT2D eigenvalue weighted by Crippen LogP contribution is -2.51. The lowest BCUT2D eigenvalue weighted by atomic mass is 10.3. The largest absolute Gasteiger partial charge is 0.338 e. The van der Waals surface area contributed by atoms with Crippen LogP contribution in [0.2, 0.25) is 5.15 Å². The van der Waals surface area contributed by atoms with Gasteiger partial charge >= 0.3 is 0 Å². The number of carbonyl (C=O) groups is 2. The van der Waals surface area contributed by atoms with E-state index in [1.165, 1.54) is 0 Å². The first-order chi connectivity index (χ1) is 8.08. The van der Waals surface area contributed by atoms with Gasteiger partial charge in [0.1, 0.15) is 16.8 Å². The zero-order valence-corrected chi connectivity index (χ0v) is 9.99. The topological polar surface area (TPSA) is 75.2 Å². The van der Waals surface area contributed by atoms with Gasteiger partial charge in [-0.15, -0.1) is 0 Å². The molecule has 2 amide bonds. The van der Waals surface area contributed by atoms with Gasteiger partial charge in [-0.25, -0.2) is 9.97 Å². The molecule has 0 radical (unpaired) electrons. The molecule has 1 N–H and O–H groups in total. The first-order valence-corrected chi connectivity index (χ1v) is 5.57. The number of hydrogen-bond acceptors (Lipinski definition) is 5. The van der Waals surface area contributed by atoms with E-state index in [9.17, 15) is 9.59 Å². The third-order valence-electron chi connectivity index (χ3n) is 2.32. The fraction of sp³-hybridized carbons (Fsp3) is 0.400. The van der Waals surface area contributed by atoms with Crippen LogP contribution >= 0.6 is 11.6 Å². The fourth-order valence-corrected chi connectivity index (χ4v) is 1.77. The fourth-order valence-electron chi connectivity index (χ4n) is 1.57. The highest BCUT2D eigenvalue weighted by Gasteiger charge is 2.24. The number of amides is 2. The van der Waals surface area contributed by atoms with Gasteiger partial charge in [0.25, 0.3) is 0 Å². The smallest absolute Gasteiger partial charge is 0.246 e. The summed E-state index contributed by atoms with van der Waals surface area (Å²) in [5.41, 5.74) is 0. The van der Waals surface area contributed by atoms with Crippen LogP contribution in [0, 0.1) is 0 Å². The Bertz CT molecular complexity index is 461. The number of hydrogen-bond donors (Lipinski definition) is 1. The minimum Gasteiger partial charge on any atom is -0.338 e. The molecule has 1 aliphatic heterocycles. The van der Waals surface area contributed by atoms with Gasteiger partial charge in [-0.2, -0.15) is 0 Å². The monoisotopic (exact) mass is 254 g/mol. The van der Waals surface area contributed by atoms with Crippen molar-refractivity contribution in [2.45, 2.75) is 13.3 Å². The van der Waals surface area contributed by atoms with E-state index in [1.807, 2.05) is 6.92 Å². The van der Waals surface area contributed by atoms with E-state index in [4.69, 9.17) is 11.6 Å². The summed E-state index contributed by atoms with van der Waals surface area (Å²) in [4.78, 5) is 32.3. The Labute approximate surface area is 103 Å². The van der Waals surface area contributed by atoms with Crippen LogP contribution in [0.3, 0.4) is 0 Å². The van der Waals surface area contributed by atoms with Gasteiger partial charge in [-0.05, 0) is 0 Å². The van der Waals surface area contributed by atoms with Crippen LogP contribution in [0.15, 0.2) is 6.07 Å². The summed E-state index contributed by atoms with van der Waals surface area (Å²) in [6, 6.07) is 1.55. The maximum Gasteiger partial charge on any atom is 0.246 e. The number of aromatic nitrogens is 2. The number of carbonyl (C=O) groups excluding carboxylic acids is 2. The van der Waals surface area contributed by atoms with Crippen LogP contribution in [0.4, 0.5) is 5.82 Å². The second-order valence-corrected chi connectivity index (χ2v) is 4.03. The van der Waals surface area contributed by atoms with Gasteiger partial charge in [0, 0.05) is 12.5 Å². The second kappa shape index (κ2) is 4.67. The molecule has 2 heterocycles. The van der Waals surface area contributed by atoms with Gasteiger partial charge < -0.3 is 4.90 Å². The lowest BCUT2D eigenvalue weighted by molar-refractivity contribution is -0.130. The van der Waals surface area contributed by atoms with E-state index in [0.29, 0.717) is 23.2 Å². The maximum atomic E-state index is 11.2.